The highest BCUT2D eigenvalue weighted by Crippen LogP contribution is 2.31. The number of benzene rings is 1. The van der Waals surface area contributed by atoms with E-state index >= 15 is 0 Å². The van der Waals surface area contributed by atoms with Crippen LogP contribution in [0.5, 0.6) is 0 Å². The van der Waals surface area contributed by atoms with Gasteiger partial charge in [0.05, 0.1) is 12.5 Å². The lowest BCUT2D eigenvalue weighted by Gasteiger charge is -2.32. The van der Waals surface area contributed by atoms with E-state index < -0.39 is 0 Å². The minimum absolute atomic E-state index is 0.0525. The minimum Gasteiger partial charge on any atom is -0.383 e. The van der Waals surface area contributed by atoms with Gasteiger partial charge in [0.1, 0.15) is 0 Å². The summed E-state index contributed by atoms with van der Waals surface area (Å²) in [6.07, 6.45) is 5.56. The van der Waals surface area contributed by atoms with Gasteiger partial charge in [-0.05, 0) is 62.2 Å². The first kappa shape index (κ1) is 17.4. The molecule has 1 aromatic rings. The van der Waals surface area contributed by atoms with Gasteiger partial charge in [0.25, 0.3) is 0 Å². The summed E-state index contributed by atoms with van der Waals surface area (Å²) in [4.78, 5) is 15.1. The molecule has 2 aliphatic rings. The number of hydrogen-bond acceptors (Lipinski definition) is 3. The highest BCUT2D eigenvalue weighted by Gasteiger charge is 2.27. The number of methoxy groups -OCH3 is 1. The Hall–Kier alpha value is -1.39. The Labute approximate surface area is 145 Å². The van der Waals surface area contributed by atoms with Crippen molar-refractivity contribution in [1.82, 2.24) is 10.2 Å². The molecule has 0 radical (unpaired) electrons. The van der Waals surface area contributed by atoms with Gasteiger partial charge in [-0.25, -0.2) is 0 Å². The predicted octanol–water partition coefficient (Wildman–Crippen LogP) is 2.58. The van der Waals surface area contributed by atoms with Crippen LogP contribution in [-0.2, 0) is 16.0 Å². The van der Waals surface area contributed by atoms with Crippen molar-refractivity contribution in [3.8, 4) is 0 Å². The maximum absolute atomic E-state index is 12.7. The van der Waals surface area contributed by atoms with Gasteiger partial charge in [-0.2, -0.15) is 0 Å². The van der Waals surface area contributed by atoms with Crippen molar-refractivity contribution >= 4 is 5.91 Å². The quantitative estimate of drug-likeness (QED) is 0.872. The average molecular weight is 330 g/mol. The molecule has 0 saturated carbocycles. The average Bonchev–Trinajstić information content (AvgIpc) is 2.64. The molecule has 1 aliphatic heterocycles. The fraction of sp³-hybridized carbons (Fsp3) is 0.650. The van der Waals surface area contributed by atoms with Gasteiger partial charge < -0.3 is 15.0 Å². The molecule has 132 valence electrons. The Morgan fingerprint density at radius 3 is 2.83 bits per heavy atom. The summed E-state index contributed by atoms with van der Waals surface area (Å²) in [5, 5.41) is 3.24. The number of hydrogen-bond donors (Lipinski definition) is 1. The Bertz CT molecular complexity index is 538. The second-order valence-corrected chi connectivity index (χ2v) is 7.17. The maximum atomic E-state index is 12.7. The zero-order chi connectivity index (χ0) is 16.8. The molecule has 24 heavy (non-hydrogen) atoms. The van der Waals surface area contributed by atoms with E-state index in [0.717, 1.165) is 52.0 Å². The van der Waals surface area contributed by atoms with Crippen LogP contribution in [0.2, 0.25) is 0 Å². The third kappa shape index (κ3) is 4.37. The lowest BCUT2D eigenvalue weighted by Crippen LogP contribution is -2.41. The van der Waals surface area contributed by atoms with Crippen LogP contribution in [0.3, 0.4) is 0 Å². The van der Waals surface area contributed by atoms with Crippen LogP contribution < -0.4 is 5.32 Å². The number of carbonyl (C=O) groups excluding carboxylic acids is 1. The Morgan fingerprint density at radius 1 is 1.25 bits per heavy atom. The van der Waals surface area contributed by atoms with E-state index in [0.29, 0.717) is 5.92 Å². The molecule has 3 rings (SSSR count). The first-order valence-electron chi connectivity index (χ1n) is 9.34. The first-order valence-corrected chi connectivity index (χ1v) is 9.34. The zero-order valence-electron chi connectivity index (χ0n) is 14.8. The molecule has 1 atom stereocenters. The highest BCUT2D eigenvalue weighted by atomic mass is 16.5. The van der Waals surface area contributed by atoms with Crippen molar-refractivity contribution in [3.05, 3.63) is 35.4 Å². The van der Waals surface area contributed by atoms with Crippen LogP contribution in [0.15, 0.2) is 24.3 Å². The molecule has 1 amide bonds. The van der Waals surface area contributed by atoms with Crippen LogP contribution in [0.25, 0.3) is 0 Å². The molecule has 1 aliphatic carbocycles. The topological polar surface area (TPSA) is 41.6 Å². The van der Waals surface area contributed by atoms with Gasteiger partial charge in [0, 0.05) is 20.2 Å². The third-order valence-electron chi connectivity index (χ3n) is 5.57. The van der Waals surface area contributed by atoms with Gasteiger partial charge in [-0.15, -0.1) is 0 Å². The number of likely N-dealkylation sites (tertiary alicyclic amines) is 1. The van der Waals surface area contributed by atoms with Gasteiger partial charge in [0.2, 0.25) is 5.91 Å². The number of aryl methyl sites for hydroxylation is 1. The lowest BCUT2D eigenvalue weighted by molar-refractivity contribution is -0.123. The van der Waals surface area contributed by atoms with Gasteiger partial charge >= 0.3 is 0 Å². The summed E-state index contributed by atoms with van der Waals surface area (Å²) in [6, 6.07) is 8.44. The van der Waals surface area contributed by atoms with Crippen molar-refractivity contribution in [2.75, 3.05) is 39.9 Å². The van der Waals surface area contributed by atoms with Crippen LogP contribution in [0.1, 0.15) is 42.7 Å². The van der Waals surface area contributed by atoms with E-state index in [-0.39, 0.29) is 11.8 Å². The molecule has 1 fully saturated rings. The monoisotopic (exact) mass is 330 g/mol. The summed E-state index contributed by atoms with van der Waals surface area (Å²) in [7, 11) is 1.76. The van der Waals surface area contributed by atoms with Crippen molar-refractivity contribution in [2.45, 2.75) is 38.0 Å². The van der Waals surface area contributed by atoms with Gasteiger partial charge in [-0.3, -0.25) is 4.79 Å². The number of ether oxygens (including phenoxy) is 1. The standard InChI is InChI=1S/C20H30N2O2/c1-24-14-13-22-11-9-16(10-12-22)15-21-20(23)19-8-4-6-17-5-2-3-7-18(17)19/h2-3,5,7,16,19H,4,6,8-15H2,1H3,(H,21,23). The van der Waals surface area contributed by atoms with E-state index in [1.54, 1.807) is 7.11 Å². The van der Waals surface area contributed by atoms with Crippen LogP contribution in [-0.4, -0.2) is 50.7 Å². The third-order valence-corrected chi connectivity index (χ3v) is 5.57. The highest BCUT2D eigenvalue weighted by molar-refractivity contribution is 5.84. The number of fused-ring (bicyclic) bond motifs is 1. The number of nitrogens with zero attached hydrogens (tertiary/aromatic N) is 1. The second kappa shape index (κ2) is 8.63. The fourth-order valence-electron chi connectivity index (χ4n) is 4.03. The first-order chi connectivity index (χ1) is 11.8. The van der Waals surface area contributed by atoms with Gasteiger partial charge in [0.15, 0.2) is 0 Å². The molecular weight excluding hydrogens is 300 g/mol. The Morgan fingerprint density at radius 2 is 2.04 bits per heavy atom. The maximum Gasteiger partial charge on any atom is 0.227 e. The summed E-state index contributed by atoms with van der Waals surface area (Å²) in [5.41, 5.74) is 2.60. The van der Waals surface area contributed by atoms with Crippen molar-refractivity contribution in [1.29, 1.82) is 0 Å². The SMILES string of the molecule is COCCN1CCC(CNC(=O)C2CCCc3ccccc32)CC1. The van der Waals surface area contributed by atoms with Crippen LogP contribution in [0, 0.1) is 5.92 Å². The lowest BCUT2D eigenvalue weighted by atomic mass is 9.82. The zero-order valence-corrected chi connectivity index (χ0v) is 14.8. The molecular formula is C20H30N2O2. The molecule has 1 unspecified atom stereocenters. The van der Waals surface area contributed by atoms with Crippen LogP contribution in [0.4, 0.5) is 0 Å². The number of carbonyl (C=O) groups is 1. The molecule has 1 saturated heterocycles. The predicted molar refractivity (Wildman–Crippen MR) is 96.2 cm³/mol. The summed E-state index contributed by atoms with van der Waals surface area (Å²) in [5.74, 6) is 0.896. The molecule has 4 nitrogen and oxygen atoms in total. The summed E-state index contributed by atoms with van der Waals surface area (Å²) < 4.78 is 5.15. The Balaban J connectivity index is 1.45. The van der Waals surface area contributed by atoms with E-state index in [1.165, 1.54) is 24.0 Å². The molecule has 0 spiro atoms. The molecule has 1 aromatic carbocycles. The Kier molecular flexibility index (Phi) is 6.27. The van der Waals surface area contributed by atoms with Gasteiger partial charge in [-0.1, -0.05) is 24.3 Å². The van der Waals surface area contributed by atoms with E-state index in [2.05, 4.69) is 34.5 Å². The van der Waals surface area contributed by atoms with Crippen molar-refractivity contribution in [3.63, 3.8) is 0 Å². The summed E-state index contributed by atoms with van der Waals surface area (Å²) in [6.45, 7) is 4.90. The van der Waals surface area contributed by atoms with Crippen LogP contribution >= 0.6 is 0 Å². The molecule has 0 aromatic heterocycles. The van der Waals surface area contributed by atoms with Crippen molar-refractivity contribution in [2.24, 2.45) is 5.92 Å². The van der Waals surface area contributed by atoms with Crippen molar-refractivity contribution < 1.29 is 9.53 Å². The normalized spacial score (nSPS) is 22.1. The molecule has 1 N–H and O–H groups in total. The second-order valence-electron chi connectivity index (χ2n) is 7.17. The number of amides is 1. The largest absolute Gasteiger partial charge is 0.383 e. The molecule has 1 heterocycles. The number of rotatable bonds is 6. The van der Waals surface area contributed by atoms with E-state index in [9.17, 15) is 4.79 Å². The number of piperidine rings is 1. The smallest absolute Gasteiger partial charge is 0.227 e. The van der Waals surface area contributed by atoms with E-state index in [1.807, 2.05) is 0 Å². The fourth-order valence-corrected chi connectivity index (χ4v) is 4.03. The van der Waals surface area contributed by atoms with E-state index in [4.69, 9.17) is 4.74 Å². The number of nitrogens with one attached hydrogen (secondary N) is 1. The molecule has 4 heteroatoms. The molecule has 0 bridgehead atoms. The summed E-state index contributed by atoms with van der Waals surface area (Å²) >= 11 is 0. The minimum atomic E-state index is 0.0525.